The lowest BCUT2D eigenvalue weighted by Crippen LogP contribution is -2.45. The summed E-state index contributed by atoms with van der Waals surface area (Å²) in [6, 6.07) is 5.33. The summed E-state index contributed by atoms with van der Waals surface area (Å²) in [5, 5.41) is 0.554. The minimum Gasteiger partial charge on any atom is -0.383 e. The highest BCUT2D eigenvalue weighted by molar-refractivity contribution is 7.92. The van der Waals surface area contributed by atoms with Gasteiger partial charge in [0.1, 0.15) is 11.5 Å². The summed E-state index contributed by atoms with van der Waals surface area (Å²) in [6.07, 6.45) is 1.01. The Kier molecular flexibility index (Phi) is 8.13. The van der Waals surface area contributed by atoms with Crippen LogP contribution in [0.5, 0.6) is 0 Å². The van der Waals surface area contributed by atoms with Crippen LogP contribution in [0.15, 0.2) is 23.2 Å². The van der Waals surface area contributed by atoms with Gasteiger partial charge < -0.3 is 14.2 Å². The van der Waals surface area contributed by atoms with Gasteiger partial charge in [0, 0.05) is 31.8 Å². The molecule has 2 unspecified atom stereocenters. The molecule has 11 heteroatoms. The number of carbonyl (C=O) groups excluding carboxylic acids is 2. The zero-order chi connectivity index (χ0) is 23.5. The van der Waals surface area contributed by atoms with Crippen molar-refractivity contribution in [3.8, 4) is 0 Å². The normalized spacial score (nSPS) is 20.1. The minimum atomic E-state index is -3.94. The van der Waals surface area contributed by atoms with Crippen molar-refractivity contribution in [2.24, 2.45) is 16.8 Å². The Balaban J connectivity index is 1.77. The van der Waals surface area contributed by atoms with Crippen molar-refractivity contribution < 1.29 is 22.7 Å². The molecule has 176 valence electrons. The van der Waals surface area contributed by atoms with Gasteiger partial charge in [0.25, 0.3) is 5.91 Å². The van der Waals surface area contributed by atoms with Crippen molar-refractivity contribution >= 4 is 54.8 Å². The maximum Gasteiger partial charge on any atom is 0.263 e. The largest absolute Gasteiger partial charge is 0.383 e. The van der Waals surface area contributed by atoms with Crippen LogP contribution >= 0.6 is 22.9 Å². The van der Waals surface area contributed by atoms with E-state index in [1.807, 2.05) is 19.9 Å². The van der Waals surface area contributed by atoms with E-state index in [0.29, 0.717) is 47.9 Å². The monoisotopic (exact) mass is 501 g/mol. The molecule has 3 rings (SSSR count). The standard InChI is InChI=1S/C21H28ClN3O5S2/c1-14-8-15(2)11-24(10-14)20(27)13-32(28,29)12-19(26)23-21-25(6-7-30-3)17-5-4-16(22)9-18(17)31-21/h4-5,9,14-15H,6-8,10-13H2,1-3H3. The second-order valence-corrected chi connectivity index (χ2v) is 11.9. The number of hydrogen-bond acceptors (Lipinski definition) is 6. The van der Waals surface area contributed by atoms with E-state index < -0.39 is 33.2 Å². The maximum absolute atomic E-state index is 12.6. The first-order chi connectivity index (χ1) is 15.1. The first-order valence-corrected chi connectivity index (χ1v) is 13.4. The third-order valence-electron chi connectivity index (χ3n) is 5.29. The highest BCUT2D eigenvalue weighted by Gasteiger charge is 2.29. The second kappa shape index (κ2) is 10.5. The van der Waals surface area contributed by atoms with E-state index in [1.54, 1.807) is 28.7 Å². The van der Waals surface area contributed by atoms with E-state index in [9.17, 15) is 18.0 Å². The third-order valence-corrected chi connectivity index (χ3v) is 7.94. The average Bonchev–Trinajstić information content (AvgIpc) is 3.00. The number of piperidine rings is 1. The van der Waals surface area contributed by atoms with Gasteiger partial charge in [0.05, 0.1) is 16.8 Å². The minimum absolute atomic E-state index is 0.325. The number of methoxy groups -OCH3 is 1. The van der Waals surface area contributed by atoms with Crippen LogP contribution in [0, 0.1) is 11.8 Å². The topological polar surface area (TPSA) is 98.0 Å². The quantitative estimate of drug-likeness (QED) is 0.580. The predicted molar refractivity (Wildman–Crippen MR) is 125 cm³/mol. The number of thiazole rings is 1. The molecule has 1 aliphatic heterocycles. The van der Waals surface area contributed by atoms with Gasteiger partial charge in [-0.3, -0.25) is 9.59 Å². The highest BCUT2D eigenvalue weighted by atomic mass is 35.5. The highest BCUT2D eigenvalue weighted by Crippen LogP contribution is 2.22. The molecule has 1 aromatic heterocycles. The number of likely N-dealkylation sites (tertiary alicyclic amines) is 1. The Morgan fingerprint density at radius 3 is 2.56 bits per heavy atom. The van der Waals surface area contributed by atoms with Gasteiger partial charge in [0.15, 0.2) is 14.6 Å². The van der Waals surface area contributed by atoms with E-state index in [2.05, 4.69) is 4.99 Å². The maximum atomic E-state index is 12.6. The number of rotatable bonds is 7. The molecule has 1 saturated heterocycles. The zero-order valence-electron chi connectivity index (χ0n) is 18.4. The lowest BCUT2D eigenvalue weighted by molar-refractivity contribution is -0.131. The van der Waals surface area contributed by atoms with Gasteiger partial charge in [-0.2, -0.15) is 4.99 Å². The van der Waals surface area contributed by atoms with E-state index in [0.717, 1.165) is 16.6 Å². The molecular formula is C21H28ClN3O5S2. The molecular weight excluding hydrogens is 474 g/mol. The SMILES string of the molecule is COCCn1c(=NC(=O)CS(=O)(=O)CC(=O)N2CC(C)CC(C)C2)sc2cc(Cl)ccc21. The molecule has 0 aliphatic carbocycles. The van der Waals surface area contributed by atoms with E-state index >= 15 is 0 Å². The van der Waals surface area contributed by atoms with Crippen molar-refractivity contribution in [3.05, 3.63) is 28.0 Å². The molecule has 0 radical (unpaired) electrons. The summed E-state index contributed by atoms with van der Waals surface area (Å²) in [4.78, 5) is 31.1. The van der Waals surface area contributed by atoms with Crippen LogP contribution in [0.25, 0.3) is 10.2 Å². The number of nitrogens with zero attached hydrogens (tertiary/aromatic N) is 3. The Bertz CT molecular complexity index is 1160. The van der Waals surface area contributed by atoms with Gasteiger partial charge in [0.2, 0.25) is 5.91 Å². The number of carbonyl (C=O) groups is 2. The summed E-state index contributed by atoms with van der Waals surface area (Å²) in [6.45, 7) is 6.02. The molecule has 0 bridgehead atoms. The van der Waals surface area contributed by atoms with Crippen molar-refractivity contribution in [1.29, 1.82) is 0 Å². The van der Waals surface area contributed by atoms with Crippen molar-refractivity contribution in [2.45, 2.75) is 26.8 Å². The molecule has 2 aromatic rings. The first-order valence-electron chi connectivity index (χ1n) is 10.4. The lowest BCUT2D eigenvalue weighted by atomic mass is 9.92. The zero-order valence-corrected chi connectivity index (χ0v) is 20.8. The second-order valence-electron chi connectivity index (χ2n) is 8.42. The summed E-state index contributed by atoms with van der Waals surface area (Å²) in [5.41, 5.74) is 0.828. The number of benzene rings is 1. The number of sulfone groups is 1. The molecule has 1 fully saturated rings. The third kappa shape index (κ3) is 6.40. The Hall–Kier alpha value is -1.75. The number of hydrogen-bond donors (Lipinski definition) is 0. The molecule has 1 aromatic carbocycles. The Morgan fingerprint density at radius 1 is 1.22 bits per heavy atom. The number of halogens is 1. The number of aromatic nitrogens is 1. The van der Waals surface area contributed by atoms with Crippen molar-refractivity contribution in [1.82, 2.24) is 9.47 Å². The van der Waals surface area contributed by atoms with Gasteiger partial charge in [-0.15, -0.1) is 0 Å². The predicted octanol–water partition coefficient (Wildman–Crippen LogP) is 2.35. The van der Waals surface area contributed by atoms with Crippen LogP contribution in [0.4, 0.5) is 0 Å². The first kappa shape index (κ1) is 24.9. The number of ether oxygens (including phenoxy) is 1. The van der Waals surface area contributed by atoms with Crippen LogP contribution in [-0.4, -0.2) is 68.0 Å². The van der Waals surface area contributed by atoms with Crippen molar-refractivity contribution in [3.63, 3.8) is 0 Å². The Morgan fingerprint density at radius 2 is 1.91 bits per heavy atom. The smallest absolute Gasteiger partial charge is 0.263 e. The molecule has 0 spiro atoms. The van der Waals surface area contributed by atoms with Crippen molar-refractivity contribution in [2.75, 3.05) is 38.3 Å². The molecule has 2 heterocycles. The summed E-state index contributed by atoms with van der Waals surface area (Å²) in [7, 11) is -2.37. The Labute approximate surface area is 196 Å². The van der Waals surface area contributed by atoms with E-state index in [4.69, 9.17) is 16.3 Å². The van der Waals surface area contributed by atoms with Gasteiger partial charge in [-0.05, 0) is 36.5 Å². The molecule has 1 aliphatic rings. The molecule has 2 amide bonds. The van der Waals surface area contributed by atoms with Gasteiger partial charge >= 0.3 is 0 Å². The molecule has 0 N–H and O–H groups in total. The summed E-state index contributed by atoms with van der Waals surface area (Å²) < 4.78 is 32.9. The molecule has 0 saturated carbocycles. The number of amides is 2. The summed E-state index contributed by atoms with van der Waals surface area (Å²) >= 11 is 7.31. The van der Waals surface area contributed by atoms with E-state index in [1.165, 1.54) is 11.3 Å². The fourth-order valence-electron chi connectivity index (χ4n) is 4.06. The van der Waals surface area contributed by atoms with E-state index in [-0.39, 0.29) is 0 Å². The molecule has 8 nitrogen and oxygen atoms in total. The van der Waals surface area contributed by atoms with Gasteiger partial charge in [-0.25, -0.2) is 8.42 Å². The van der Waals surface area contributed by atoms with Crippen LogP contribution < -0.4 is 4.80 Å². The lowest BCUT2D eigenvalue weighted by Gasteiger charge is -2.34. The average molecular weight is 502 g/mol. The van der Waals surface area contributed by atoms with Crippen LogP contribution in [0.1, 0.15) is 20.3 Å². The molecule has 32 heavy (non-hydrogen) atoms. The van der Waals surface area contributed by atoms with Gasteiger partial charge in [-0.1, -0.05) is 36.8 Å². The van der Waals surface area contributed by atoms with Crippen LogP contribution in [0.3, 0.4) is 0 Å². The summed E-state index contributed by atoms with van der Waals surface area (Å²) in [5.74, 6) is -2.10. The fraction of sp³-hybridized carbons (Fsp3) is 0.571. The van der Waals surface area contributed by atoms with Crippen LogP contribution in [0.2, 0.25) is 5.02 Å². The molecule has 2 atom stereocenters. The fourth-order valence-corrected chi connectivity index (χ4v) is 6.51. The van der Waals surface area contributed by atoms with Crippen LogP contribution in [-0.2, 0) is 30.7 Å². The number of fused-ring (bicyclic) bond motifs is 1.